The molecule has 0 aromatic heterocycles. The van der Waals surface area contributed by atoms with E-state index in [2.05, 4.69) is 10.2 Å². The van der Waals surface area contributed by atoms with Crippen LogP contribution in [0.25, 0.3) is 0 Å². The summed E-state index contributed by atoms with van der Waals surface area (Å²) < 4.78 is 10.9. The Morgan fingerprint density at radius 1 is 1.00 bits per heavy atom. The van der Waals surface area contributed by atoms with Crippen LogP contribution in [0.5, 0.6) is 0 Å². The van der Waals surface area contributed by atoms with Crippen molar-refractivity contribution in [3.63, 3.8) is 0 Å². The summed E-state index contributed by atoms with van der Waals surface area (Å²) in [6.07, 6.45) is 4.47. The number of amides is 1. The first-order valence-corrected chi connectivity index (χ1v) is 9.08. The molecule has 0 bridgehead atoms. The van der Waals surface area contributed by atoms with Gasteiger partial charge in [0.15, 0.2) is 0 Å². The molecule has 4 rings (SSSR count). The zero-order chi connectivity index (χ0) is 16.4. The maximum atomic E-state index is 12.6. The van der Waals surface area contributed by atoms with Crippen molar-refractivity contribution in [1.29, 1.82) is 0 Å². The van der Waals surface area contributed by atoms with Crippen LogP contribution in [0.4, 0.5) is 5.69 Å². The Morgan fingerprint density at radius 3 is 2.29 bits per heavy atom. The number of morpholine rings is 1. The zero-order valence-corrected chi connectivity index (χ0v) is 14.1. The Hall–Kier alpha value is -1.59. The molecule has 2 saturated heterocycles. The molecule has 1 N–H and O–H groups in total. The molecule has 2 heterocycles. The van der Waals surface area contributed by atoms with E-state index in [0.29, 0.717) is 11.5 Å². The normalized spacial score (nSPS) is 26.0. The first kappa shape index (κ1) is 15.9. The van der Waals surface area contributed by atoms with Gasteiger partial charge in [-0.05, 0) is 55.4 Å². The molecule has 1 saturated carbocycles. The molecule has 1 atom stereocenters. The number of hydrogen-bond acceptors (Lipinski definition) is 4. The quantitative estimate of drug-likeness (QED) is 0.923. The summed E-state index contributed by atoms with van der Waals surface area (Å²) in [5.74, 6) is 0.0547. The van der Waals surface area contributed by atoms with Crippen molar-refractivity contribution in [3.8, 4) is 0 Å². The van der Waals surface area contributed by atoms with E-state index in [4.69, 9.17) is 9.47 Å². The van der Waals surface area contributed by atoms with E-state index in [1.807, 2.05) is 24.3 Å². The van der Waals surface area contributed by atoms with Crippen LogP contribution < -0.4 is 10.2 Å². The van der Waals surface area contributed by atoms with Crippen molar-refractivity contribution in [1.82, 2.24) is 5.32 Å². The van der Waals surface area contributed by atoms with Crippen molar-refractivity contribution in [2.75, 3.05) is 44.4 Å². The molecule has 1 amide bonds. The van der Waals surface area contributed by atoms with Crippen LogP contribution in [0.3, 0.4) is 0 Å². The lowest BCUT2D eigenvalue weighted by Crippen LogP contribution is -2.57. The summed E-state index contributed by atoms with van der Waals surface area (Å²) in [4.78, 5) is 14.9. The fourth-order valence-corrected chi connectivity index (χ4v) is 4.19. The molecule has 1 spiro atoms. The van der Waals surface area contributed by atoms with Gasteiger partial charge in [-0.1, -0.05) is 0 Å². The number of rotatable bonds is 3. The third kappa shape index (κ3) is 3.03. The fourth-order valence-electron chi connectivity index (χ4n) is 4.19. The third-order valence-electron chi connectivity index (χ3n) is 5.97. The average molecular weight is 330 g/mol. The summed E-state index contributed by atoms with van der Waals surface area (Å²) >= 11 is 0. The second-order valence-corrected chi connectivity index (χ2v) is 7.19. The molecule has 3 aliphatic rings. The minimum Gasteiger partial charge on any atom is -0.381 e. The second-order valence-electron chi connectivity index (χ2n) is 7.19. The van der Waals surface area contributed by atoms with Gasteiger partial charge in [-0.25, -0.2) is 0 Å². The van der Waals surface area contributed by atoms with Gasteiger partial charge in [0.25, 0.3) is 5.91 Å². The van der Waals surface area contributed by atoms with Crippen LogP contribution in [-0.4, -0.2) is 51.5 Å². The van der Waals surface area contributed by atoms with Gasteiger partial charge in [0, 0.05) is 43.6 Å². The van der Waals surface area contributed by atoms with E-state index in [9.17, 15) is 4.79 Å². The lowest BCUT2D eigenvalue weighted by atomic mass is 9.60. The number of carbonyl (C=O) groups is 1. The summed E-state index contributed by atoms with van der Waals surface area (Å²) in [5.41, 5.74) is 2.21. The monoisotopic (exact) mass is 330 g/mol. The maximum absolute atomic E-state index is 12.6. The van der Waals surface area contributed by atoms with Crippen LogP contribution >= 0.6 is 0 Å². The Kier molecular flexibility index (Phi) is 4.46. The molecule has 0 radical (unpaired) electrons. The molecule has 5 nitrogen and oxygen atoms in total. The number of benzene rings is 1. The van der Waals surface area contributed by atoms with Gasteiger partial charge in [0.1, 0.15) is 0 Å². The highest BCUT2D eigenvalue weighted by Gasteiger charge is 2.47. The van der Waals surface area contributed by atoms with Crippen LogP contribution in [0.15, 0.2) is 24.3 Å². The van der Waals surface area contributed by atoms with E-state index < -0.39 is 0 Å². The Morgan fingerprint density at radius 2 is 1.67 bits per heavy atom. The van der Waals surface area contributed by atoms with Crippen molar-refractivity contribution in [2.45, 2.75) is 31.7 Å². The highest BCUT2D eigenvalue weighted by atomic mass is 16.5. The Bertz CT molecular complexity index is 575. The molecular formula is C19H26N2O3. The SMILES string of the molecule is O=C(NC1CCC12CCOCC2)c1ccc(N2CCOCC2)cc1. The molecule has 1 aromatic carbocycles. The first-order valence-electron chi connectivity index (χ1n) is 9.08. The van der Waals surface area contributed by atoms with E-state index in [1.165, 1.54) is 12.1 Å². The van der Waals surface area contributed by atoms with Gasteiger partial charge in [-0.3, -0.25) is 4.79 Å². The van der Waals surface area contributed by atoms with Gasteiger partial charge in [-0.15, -0.1) is 0 Å². The predicted molar refractivity (Wildman–Crippen MR) is 92.4 cm³/mol. The van der Waals surface area contributed by atoms with Gasteiger partial charge >= 0.3 is 0 Å². The van der Waals surface area contributed by atoms with Crippen molar-refractivity contribution >= 4 is 11.6 Å². The Balaban J connectivity index is 1.37. The van der Waals surface area contributed by atoms with Crippen LogP contribution in [0.2, 0.25) is 0 Å². The van der Waals surface area contributed by atoms with Gasteiger partial charge in [0.2, 0.25) is 0 Å². The highest BCUT2D eigenvalue weighted by Crippen LogP contribution is 2.48. The second kappa shape index (κ2) is 6.73. The number of nitrogens with zero attached hydrogens (tertiary/aromatic N) is 1. The van der Waals surface area contributed by atoms with Crippen LogP contribution in [0.1, 0.15) is 36.0 Å². The highest BCUT2D eigenvalue weighted by molar-refractivity contribution is 5.94. The smallest absolute Gasteiger partial charge is 0.251 e. The average Bonchev–Trinajstić information content (AvgIpc) is 2.66. The lowest BCUT2D eigenvalue weighted by molar-refractivity contribution is -0.0523. The Labute approximate surface area is 143 Å². The van der Waals surface area contributed by atoms with E-state index >= 15 is 0 Å². The van der Waals surface area contributed by atoms with Gasteiger partial charge in [-0.2, -0.15) is 0 Å². The largest absolute Gasteiger partial charge is 0.381 e. The number of hydrogen-bond donors (Lipinski definition) is 1. The zero-order valence-electron chi connectivity index (χ0n) is 14.1. The minimum atomic E-state index is 0.0547. The minimum absolute atomic E-state index is 0.0547. The van der Waals surface area contributed by atoms with Crippen molar-refractivity contribution < 1.29 is 14.3 Å². The number of nitrogens with one attached hydrogen (secondary N) is 1. The van der Waals surface area contributed by atoms with Gasteiger partial charge < -0.3 is 19.7 Å². The topological polar surface area (TPSA) is 50.8 Å². The summed E-state index contributed by atoms with van der Waals surface area (Å²) in [5, 5.41) is 3.26. The van der Waals surface area contributed by atoms with E-state index in [1.54, 1.807) is 0 Å². The van der Waals surface area contributed by atoms with Crippen LogP contribution in [-0.2, 0) is 9.47 Å². The fraction of sp³-hybridized carbons (Fsp3) is 0.632. The molecule has 24 heavy (non-hydrogen) atoms. The standard InChI is InChI=1S/C19H26N2O3/c22-18(20-17-5-6-19(17)7-11-23-12-8-19)15-1-3-16(4-2-15)21-9-13-24-14-10-21/h1-4,17H,5-14H2,(H,20,22). The molecule has 130 valence electrons. The lowest BCUT2D eigenvalue weighted by Gasteiger charge is -2.52. The predicted octanol–water partition coefficient (Wildman–Crippen LogP) is 2.21. The molecule has 1 unspecified atom stereocenters. The molecule has 5 heteroatoms. The van der Waals surface area contributed by atoms with Crippen molar-refractivity contribution in [3.05, 3.63) is 29.8 Å². The number of anilines is 1. The maximum Gasteiger partial charge on any atom is 0.251 e. The summed E-state index contributed by atoms with van der Waals surface area (Å²) in [7, 11) is 0. The molecule has 3 fully saturated rings. The number of ether oxygens (including phenoxy) is 2. The molecule has 2 aliphatic heterocycles. The summed E-state index contributed by atoms with van der Waals surface area (Å²) in [6, 6.07) is 8.29. The molecular weight excluding hydrogens is 304 g/mol. The van der Waals surface area contributed by atoms with Crippen molar-refractivity contribution in [2.24, 2.45) is 5.41 Å². The summed E-state index contributed by atoms with van der Waals surface area (Å²) in [6.45, 7) is 5.04. The van der Waals surface area contributed by atoms with Gasteiger partial charge in [0.05, 0.1) is 13.2 Å². The van der Waals surface area contributed by atoms with Crippen LogP contribution in [0, 0.1) is 5.41 Å². The number of carbonyl (C=O) groups excluding carboxylic acids is 1. The molecule has 1 aromatic rings. The first-order chi connectivity index (χ1) is 11.8. The van der Waals surface area contributed by atoms with E-state index in [-0.39, 0.29) is 5.91 Å². The molecule has 1 aliphatic carbocycles. The van der Waals surface area contributed by atoms with E-state index in [0.717, 1.165) is 64.3 Å². The third-order valence-corrected chi connectivity index (χ3v) is 5.97.